The van der Waals surface area contributed by atoms with Crippen molar-refractivity contribution >= 4 is 28.1 Å². The van der Waals surface area contributed by atoms with Crippen LogP contribution in [0.25, 0.3) is 0 Å². The van der Waals surface area contributed by atoms with Crippen LogP contribution >= 0.6 is 11.3 Å². The number of aryl methyl sites for hydroxylation is 2. The molecule has 0 saturated carbocycles. The van der Waals surface area contributed by atoms with Crippen molar-refractivity contribution in [3.05, 3.63) is 39.9 Å². The molecule has 1 aliphatic carbocycles. The van der Waals surface area contributed by atoms with Gasteiger partial charge in [0.05, 0.1) is 12.3 Å². The molecule has 1 aliphatic rings. The van der Waals surface area contributed by atoms with Crippen molar-refractivity contribution in [3.8, 4) is 0 Å². The highest BCUT2D eigenvalue weighted by atomic mass is 32.1. The molecular weight excluding hydrogens is 320 g/mol. The summed E-state index contributed by atoms with van der Waals surface area (Å²) in [5, 5.41) is 4.10. The fraction of sp³-hybridized carbons (Fsp3) is 0.474. The summed E-state index contributed by atoms with van der Waals surface area (Å²) in [5.41, 5.74) is 4.46. The molecule has 1 N–H and O–H groups in total. The van der Waals surface area contributed by atoms with Crippen molar-refractivity contribution in [2.75, 3.05) is 11.9 Å². The maximum atomic E-state index is 12.3. The Morgan fingerprint density at radius 3 is 2.75 bits per heavy atom. The molecule has 2 aromatic rings. The molecule has 0 amide bonds. The number of benzene rings is 1. The number of anilines is 2. The molecule has 0 unspecified atom stereocenters. The zero-order valence-corrected chi connectivity index (χ0v) is 15.5. The molecule has 0 saturated heterocycles. The summed E-state index contributed by atoms with van der Waals surface area (Å²) < 4.78 is 5.19. The van der Waals surface area contributed by atoms with Crippen molar-refractivity contribution < 1.29 is 9.53 Å². The molecular formula is C19H24N2O2S. The Bertz CT molecular complexity index is 759. The van der Waals surface area contributed by atoms with Crippen LogP contribution in [0.1, 0.15) is 60.6 Å². The quantitative estimate of drug-likeness (QED) is 0.806. The summed E-state index contributed by atoms with van der Waals surface area (Å²) in [4.78, 5) is 17.5. The lowest BCUT2D eigenvalue weighted by atomic mass is 9.91. The Kier molecular flexibility index (Phi) is 4.63. The SMILES string of the molecule is CCOC(=O)c1sc(Nc2ccc3c(c2)CCC3)nc1C(C)(C)C. The second kappa shape index (κ2) is 6.55. The Hall–Kier alpha value is -1.88. The molecule has 5 heteroatoms. The number of ether oxygens (including phenoxy) is 1. The van der Waals surface area contributed by atoms with Gasteiger partial charge in [0.2, 0.25) is 0 Å². The van der Waals surface area contributed by atoms with E-state index in [1.807, 2.05) is 6.92 Å². The third-order valence-electron chi connectivity index (χ3n) is 4.15. The van der Waals surface area contributed by atoms with Crippen LogP contribution in [0.5, 0.6) is 0 Å². The molecule has 0 fully saturated rings. The number of fused-ring (bicyclic) bond motifs is 1. The minimum Gasteiger partial charge on any atom is -0.462 e. The van der Waals surface area contributed by atoms with Crippen molar-refractivity contribution in [1.29, 1.82) is 0 Å². The number of aromatic nitrogens is 1. The van der Waals surface area contributed by atoms with Crippen LogP contribution in [0, 0.1) is 0 Å². The van der Waals surface area contributed by atoms with Gasteiger partial charge in [-0.05, 0) is 49.4 Å². The lowest BCUT2D eigenvalue weighted by molar-refractivity contribution is 0.0529. The van der Waals surface area contributed by atoms with Crippen LogP contribution in [0.3, 0.4) is 0 Å². The fourth-order valence-corrected chi connectivity index (χ4v) is 4.08. The third kappa shape index (κ3) is 3.46. The highest BCUT2D eigenvalue weighted by Crippen LogP contribution is 2.34. The average molecular weight is 344 g/mol. The molecule has 4 nitrogen and oxygen atoms in total. The molecule has 1 aromatic carbocycles. The van der Waals surface area contributed by atoms with E-state index in [1.54, 1.807) is 0 Å². The fourth-order valence-electron chi connectivity index (χ4n) is 2.99. The monoisotopic (exact) mass is 344 g/mol. The lowest BCUT2D eigenvalue weighted by Gasteiger charge is -2.16. The summed E-state index contributed by atoms with van der Waals surface area (Å²) in [6.07, 6.45) is 3.55. The van der Waals surface area contributed by atoms with E-state index >= 15 is 0 Å². The first-order valence-electron chi connectivity index (χ1n) is 8.45. The molecule has 0 bridgehead atoms. The number of carbonyl (C=O) groups is 1. The average Bonchev–Trinajstić information content (AvgIpc) is 3.13. The van der Waals surface area contributed by atoms with Gasteiger partial charge in [-0.1, -0.05) is 38.2 Å². The van der Waals surface area contributed by atoms with Gasteiger partial charge in [-0.3, -0.25) is 0 Å². The van der Waals surface area contributed by atoms with Gasteiger partial charge in [-0.2, -0.15) is 0 Å². The Labute approximate surface area is 147 Å². The predicted octanol–water partition coefficient (Wildman–Crippen LogP) is 4.85. The van der Waals surface area contributed by atoms with Crippen molar-refractivity contribution in [3.63, 3.8) is 0 Å². The predicted molar refractivity (Wildman–Crippen MR) is 98.5 cm³/mol. The summed E-state index contributed by atoms with van der Waals surface area (Å²) in [5.74, 6) is -0.290. The molecule has 0 aliphatic heterocycles. The molecule has 1 aromatic heterocycles. The molecule has 1 heterocycles. The first-order valence-corrected chi connectivity index (χ1v) is 9.27. The van der Waals surface area contributed by atoms with Gasteiger partial charge in [0.25, 0.3) is 0 Å². The maximum absolute atomic E-state index is 12.3. The van der Waals surface area contributed by atoms with E-state index in [2.05, 4.69) is 49.3 Å². The summed E-state index contributed by atoms with van der Waals surface area (Å²) in [6.45, 7) is 8.37. The van der Waals surface area contributed by atoms with E-state index in [0.29, 0.717) is 11.5 Å². The van der Waals surface area contributed by atoms with Gasteiger partial charge >= 0.3 is 5.97 Å². The Balaban J connectivity index is 1.89. The van der Waals surface area contributed by atoms with E-state index in [0.717, 1.165) is 22.9 Å². The first-order chi connectivity index (χ1) is 11.4. The lowest BCUT2D eigenvalue weighted by Crippen LogP contribution is -2.17. The number of esters is 1. The standard InChI is InChI=1S/C19H24N2O2S/c1-5-23-17(22)15-16(19(2,3)4)21-18(24-15)20-14-10-9-12-7-6-8-13(12)11-14/h9-11H,5-8H2,1-4H3,(H,20,21). The van der Waals surface area contributed by atoms with E-state index in [4.69, 9.17) is 4.74 Å². The molecule has 0 spiro atoms. The first kappa shape index (κ1) is 17.0. The zero-order valence-electron chi connectivity index (χ0n) is 14.7. The molecule has 0 radical (unpaired) electrons. The Morgan fingerprint density at radius 1 is 1.29 bits per heavy atom. The highest BCUT2D eigenvalue weighted by Gasteiger charge is 2.28. The van der Waals surface area contributed by atoms with Crippen molar-refractivity contribution in [1.82, 2.24) is 4.98 Å². The van der Waals surface area contributed by atoms with Crippen molar-refractivity contribution in [2.24, 2.45) is 0 Å². The summed E-state index contributed by atoms with van der Waals surface area (Å²) in [6, 6.07) is 6.48. The largest absolute Gasteiger partial charge is 0.462 e. The maximum Gasteiger partial charge on any atom is 0.350 e. The number of hydrogen-bond donors (Lipinski definition) is 1. The number of carbonyl (C=O) groups excluding carboxylic acids is 1. The van der Waals surface area contributed by atoms with Gasteiger partial charge in [-0.15, -0.1) is 0 Å². The van der Waals surface area contributed by atoms with Crippen LogP contribution in [-0.2, 0) is 23.0 Å². The summed E-state index contributed by atoms with van der Waals surface area (Å²) in [7, 11) is 0. The molecule has 24 heavy (non-hydrogen) atoms. The normalized spacial score (nSPS) is 13.7. The number of nitrogens with one attached hydrogen (secondary N) is 1. The van der Waals surface area contributed by atoms with Crippen LogP contribution in [0.2, 0.25) is 0 Å². The van der Waals surface area contributed by atoms with Crippen LogP contribution in [0.4, 0.5) is 10.8 Å². The van der Waals surface area contributed by atoms with E-state index in [-0.39, 0.29) is 11.4 Å². The van der Waals surface area contributed by atoms with Gasteiger partial charge in [0, 0.05) is 11.1 Å². The number of rotatable bonds is 4. The second-order valence-electron chi connectivity index (χ2n) is 7.13. The number of hydrogen-bond acceptors (Lipinski definition) is 5. The topological polar surface area (TPSA) is 51.2 Å². The van der Waals surface area contributed by atoms with E-state index < -0.39 is 0 Å². The van der Waals surface area contributed by atoms with E-state index in [9.17, 15) is 4.79 Å². The minimum absolute atomic E-state index is 0.212. The second-order valence-corrected chi connectivity index (χ2v) is 8.13. The van der Waals surface area contributed by atoms with Gasteiger partial charge < -0.3 is 10.1 Å². The number of thiazole rings is 1. The van der Waals surface area contributed by atoms with Gasteiger partial charge in [-0.25, -0.2) is 9.78 Å². The molecule has 128 valence electrons. The van der Waals surface area contributed by atoms with Crippen molar-refractivity contribution in [2.45, 2.75) is 52.4 Å². The van der Waals surface area contributed by atoms with Crippen LogP contribution < -0.4 is 5.32 Å². The van der Waals surface area contributed by atoms with Gasteiger partial charge in [0.15, 0.2) is 5.13 Å². The highest BCUT2D eigenvalue weighted by molar-refractivity contribution is 7.17. The smallest absolute Gasteiger partial charge is 0.350 e. The molecule has 0 atom stereocenters. The Morgan fingerprint density at radius 2 is 2.04 bits per heavy atom. The zero-order chi connectivity index (χ0) is 17.3. The minimum atomic E-state index is -0.290. The van der Waals surface area contributed by atoms with Gasteiger partial charge in [0.1, 0.15) is 4.88 Å². The van der Waals surface area contributed by atoms with Crippen LogP contribution in [0.15, 0.2) is 18.2 Å². The van der Waals surface area contributed by atoms with Crippen LogP contribution in [-0.4, -0.2) is 17.6 Å². The number of nitrogens with zero attached hydrogens (tertiary/aromatic N) is 1. The summed E-state index contributed by atoms with van der Waals surface area (Å²) >= 11 is 1.37. The van der Waals surface area contributed by atoms with E-state index in [1.165, 1.54) is 35.3 Å². The molecule has 3 rings (SSSR count). The third-order valence-corrected chi connectivity index (χ3v) is 5.10.